The van der Waals surface area contributed by atoms with E-state index < -0.39 is 16.1 Å². The smallest absolute Gasteiger partial charge is 0.306 e. The van der Waals surface area contributed by atoms with Crippen LogP contribution in [0.4, 0.5) is 10.5 Å². The van der Waals surface area contributed by atoms with E-state index in [-0.39, 0.29) is 15.5 Å². The maximum atomic E-state index is 13.2. The van der Waals surface area contributed by atoms with Crippen LogP contribution >= 0.6 is 11.3 Å². The first-order valence-corrected chi connectivity index (χ1v) is 13.7. The topological polar surface area (TPSA) is 139 Å². The number of sulfonamides is 1. The normalized spacial score (nSPS) is 14.9. The number of carbonyl (C=O) groups excluding carboxylic acids is 1. The largest absolute Gasteiger partial charge is 0.333 e. The number of nitrogens with one attached hydrogen (secondary N) is 2. The number of rotatable bonds is 4. The van der Waals surface area contributed by atoms with Crippen LogP contribution in [-0.4, -0.2) is 37.9 Å². The third-order valence-corrected chi connectivity index (χ3v) is 9.57. The number of nitriles is 2. The molecule has 2 N–H and O–H groups in total. The number of anilines is 1. The standard InChI is InChI=1S/C25H22N6O3S2/c1-31-10-8-20-21(13-27)24(35-22(20)14-31)36(33,34)30-25(32)29-23-18-4-2-3-15(18)5-6-19(23)16-7-9-28-17(11-16)12-26/h5-7,9,11H,2-4,8,10,14H2,1H3,(H2,29,30,32). The second kappa shape index (κ2) is 9.36. The summed E-state index contributed by atoms with van der Waals surface area (Å²) < 4.78 is 28.4. The fourth-order valence-corrected chi connectivity index (χ4v) is 7.62. The number of benzene rings is 1. The van der Waals surface area contributed by atoms with Crippen molar-refractivity contribution in [3.05, 3.63) is 63.3 Å². The number of urea groups is 1. The van der Waals surface area contributed by atoms with Gasteiger partial charge in [0.1, 0.15) is 17.8 Å². The lowest BCUT2D eigenvalue weighted by Gasteiger charge is -2.21. The minimum absolute atomic E-state index is 0.116. The molecule has 1 aromatic carbocycles. The highest BCUT2D eigenvalue weighted by molar-refractivity contribution is 7.92. The predicted octanol–water partition coefficient (Wildman–Crippen LogP) is 3.54. The molecule has 9 nitrogen and oxygen atoms in total. The summed E-state index contributed by atoms with van der Waals surface area (Å²) in [7, 11) is -2.34. The second-order valence-corrected chi connectivity index (χ2v) is 11.8. The summed E-state index contributed by atoms with van der Waals surface area (Å²) >= 11 is 1.04. The van der Waals surface area contributed by atoms with Gasteiger partial charge >= 0.3 is 6.03 Å². The van der Waals surface area contributed by atoms with Gasteiger partial charge in [-0.1, -0.05) is 12.1 Å². The Bertz CT molecular complexity index is 1580. The van der Waals surface area contributed by atoms with Crippen LogP contribution < -0.4 is 10.0 Å². The third-order valence-electron chi connectivity index (χ3n) is 6.51. The summed E-state index contributed by atoms with van der Waals surface area (Å²) in [6, 6.07) is 10.4. The molecule has 5 rings (SSSR count). The zero-order chi connectivity index (χ0) is 25.4. The average molecular weight is 519 g/mol. The van der Waals surface area contributed by atoms with Gasteiger partial charge in [0.2, 0.25) is 0 Å². The zero-order valence-corrected chi connectivity index (χ0v) is 21.1. The Morgan fingerprint density at radius 3 is 2.75 bits per heavy atom. The number of hydrogen-bond donors (Lipinski definition) is 2. The number of fused-ring (bicyclic) bond motifs is 2. The highest BCUT2D eigenvalue weighted by Crippen LogP contribution is 2.38. The number of hydrogen-bond acceptors (Lipinski definition) is 8. The Kier molecular flexibility index (Phi) is 6.22. The number of pyridine rings is 1. The van der Waals surface area contributed by atoms with E-state index in [0.717, 1.165) is 58.7 Å². The molecule has 2 amide bonds. The minimum atomic E-state index is -4.27. The Balaban J connectivity index is 1.47. The van der Waals surface area contributed by atoms with Crippen LogP contribution in [0.2, 0.25) is 0 Å². The molecule has 0 atom stereocenters. The van der Waals surface area contributed by atoms with Crippen LogP contribution in [0.3, 0.4) is 0 Å². The van der Waals surface area contributed by atoms with Gasteiger partial charge in [0.15, 0.2) is 4.21 Å². The maximum absolute atomic E-state index is 13.2. The molecule has 3 heterocycles. The summed E-state index contributed by atoms with van der Waals surface area (Å²) in [5.41, 5.74) is 5.02. The van der Waals surface area contributed by atoms with Gasteiger partial charge in [0, 0.05) is 29.7 Å². The van der Waals surface area contributed by atoms with E-state index in [9.17, 15) is 23.7 Å². The SMILES string of the molecule is CN1CCc2c(sc(S(=O)(=O)NC(=O)Nc3c(-c4ccnc(C#N)c4)ccc4c3CCC4)c2C#N)C1. The van der Waals surface area contributed by atoms with Crippen molar-refractivity contribution in [1.29, 1.82) is 10.5 Å². The summed E-state index contributed by atoms with van der Waals surface area (Å²) in [5.74, 6) is 0. The maximum Gasteiger partial charge on any atom is 0.333 e. The van der Waals surface area contributed by atoms with Crippen LogP contribution in [0.25, 0.3) is 11.1 Å². The number of thiophene rings is 1. The van der Waals surface area contributed by atoms with E-state index >= 15 is 0 Å². The molecule has 3 aromatic rings. The van der Waals surface area contributed by atoms with E-state index in [1.165, 1.54) is 6.20 Å². The minimum Gasteiger partial charge on any atom is -0.306 e. The lowest BCUT2D eigenvalue weighted by molar-refractivity contribution is 0.256. The molecule has 0 radical (unpaired) electrons. The molecule has 11 heteroatoms. The van der Waals surface area contributed by atoms with Crippen LogP contribution in [0, 0.1) is 22.7 Å². The molecule has 182 valence electrons. The van der Waals surface area contributed by atoms with Crippen molar-refractivity contribution >= 4 is 33.1 Å². The fourth-order valence-electron chi connectivity index (χ4n) is 4.82. The first-order chi connectivity index (χ1) is 17.3. The summed E-state index contributed by atoms with van der Waals surface area (Å²) in [4.78, 5) is 19.9. The lowest BCUT2D eigenvalue weighted by atomic mass is 9.97. The Hall–Kier alpha value is -3.77. The Morgan fingerprint density at radius 1 is 1.14 bits per heavy atom. The third kappa shape index (κ3) is 4.33. The van der Waals surface area contributed by atoms with Crippen molar-refractivity contribution in [2.75, 3.05) is 18.9 Å². The van der Waals surface area contributed by atoms with Gasteiger partial charge in [0.25, 0.3) is 10.0 Å². The van der Waals surface area contributed by atoms with E-state index in [0.29, 0.717) is 29.8 Å². The predicted molar refractivity (Wildman–Crippen MR) is 135 cm³/mol. The molecular formula is C25H22N6O3S2. The van der Waals surface area contributed by atoms with E-state index in [1.807, 2.05) is 31.3 Å². The second-order valence-electron chi connectivity index (χ2n) is 8.85. The Labute approximate surface area is 213 Å². The Morgan fingerprint density at radius 2 is 1.97 bits per heavy atom. The average Bonchev–Trinajstić information content (AvgIpc) is 3.48. The van der Waals surface area contributed by atoms with Crippen molar-refractivity contribution in [2.24, 2.45) is 0 Å². The molecule has 0 fully saturated rings. The number of aryl methyl sites for hydroxylation is 1. The quantitative estimate of drug-likeness (QED) is 0.538. The van der Waals surface area contributed by atoms with E-state index in [1.54, 1.807) is 12.1 Å². The molecule has 0 bridgehead atoms. The van der Waals surface area contributed by atoms with Gasteiger partial charge in [-0.3, -0.25) is 0 Å². The monoisotopic (exact) mass is 518 g/mol. The van der Waals surface area contributed by atoms with Gasteiger partial charge in [-0.2, -0.15) is 10.5 Å². The van der Waals surface area contributed by atoms with Gasteiger partial charge in [-0.25, -0.2) is 22.9 Å². The lowest BCUT2D eigenvalue weighted by Crippen LogP contribution is -2.34. The van der Waals surface area contributed by atoms with Crippen molar-refractivity contribution in [2.45, 2.75) is 36.4 Å². The van der Waals surface area contributed by atoms with Crippen molar-refractivity contribution in [3.63, 3.8) is 0 Å². The molecule has 1 aliphatic heterocycles. The van der Waals surface area contributed by atoms with Crippen LogP contribution in [0.15, 0.2) is 34.7 Å². The molecule has 0 unspecified atom stereocenters. The van der Waals surface area contributed by atoms with E-state index in [2.05, 4.69) is 19.9 Å². The molecule has 0 saturated carbocycles. The van der Waals surface area contributed by atoms with E-state index in [4.69, 9.17) is 0 Å². The van der Waals surface area contributed by atoms with Crippen molar-refractivity contribution in [3.8, 4) is 23.3 Å². The van der Waals surface area contributed by atoms with Crippen LogP contribution in [-0.2, 0) is 35.8 Å². The molecule has 2 aromatic heterocycles. The van der Waals surface area contributed by atoms with Crippen molar-refractivity contribution in [1.82, 2.24) is 14.6 Å². The van der Waals surface area contributed by atoms with Crippen LogP contribution in [0.1, 0.15) is 39.2 Å². The number of carbonyl (C=O) groups is 1. The molecule has 1 aliphatic carbocycles. The molecule has 0 saturated heterocycles. The highest BCUT2D eigenvalue weighted by atomic mass is 32.2. The summed E-state index contributed by atoms with van der Waals surface area (Å²) in [6.07, 6.45) is 4.64. The molecule has 2 aliphatic rings. The van der Waals surface area contributed by atoms with Gasteiger partial charge in [-0.05, 0) is 67.1 Å². The number of likely N-dealkylation sites (N-methyl/N-ethyl adjacent to an activating group) is 1. The fraction of sp³-hybridized carbons (Fsp3) is 0.280. The molecular weight excluding hydrogens is 496 g/mol. The van der Waals surface area contributed by atoms with Crippen LogP contribution in [0.5, 0.6) is 0 Å². The number of amides is 2. The first-order valence-electron chi connectivity index (χ1n) is 11.4. The molecule has 36 heavy (non-hydrogen) atoms. The summed E-state index contributed by atoms with van der Waals surface area (Å²) in [6.45, 7) is 1.29. The number of nitrogens with zero attached hydrogens (tertiary/aromatic N) is 4. The van der Waals surface area contributed by atoms with Gasteiger partial charge < -0.3 is 10.2 Å². The van der Waals surface area contributed by atoms with Crippen molar-refractivity contribution < 1.29 is 13.2 Å². The summed E-state index contributed by atoms with van der Waals surface area (Å²) in [5, 5.41) is 21.7. The highest BCUT2D eigenvalue weighted by Gasteiger charge is 2.31. The number of aromatic nitrogens is 1. The van der Waals surface area contributed by atoms with Gasteiger partial charge in [-0.15, -0.1) is 11.3 Å². The first kappa shape index (κ1) is 23.9. The molecule has 0 spiro atoms. The zero-order valence-electron chi connectivity index (χ0n) is 19.5. The van der Waals surface area contributed by atoms with Gasteiger partial charge in [0.05, 0.1) is 11.3 Å².